The molecule has 0 bridgehead atoms. The lowest BCUT2D eigenvalue weighted by molar-refractivity contribution is 0.0600. The molecule has 0 heterocycles. The lowest BCUT2D eigenvalue weighted by atomic mass is 10.1. The highest BCUT2D eigenvalue weighted by Crippen LogP contribution is 2.06. The maximum absolute atomic E-state index is 12.9. The van der Waals surface area contributed by atoms with Crippen molar-refractivity contribution in [2.45, 2.75) is 6.61 Å². The molecule has 0 aromatic heterocycles. The van der Waals surface area contributed by atoms with Crippen molar-refractivity contribution < 1.29 is 18.8 Å². The van der Waals surface area contributed by atoms with Crippen molar-refractivity contribution in [2.75, 3.05) is 7.11 Å². The fourth-order valence-electron chi connectivity index (χ4n) is 1.66. The zero-order valence-corrected chi connectivity index (χ0v) is 11.5. The highest BCUT2D eigenvalue weighted by Gasteiger charge is 2.03. The maximum atomic E-state index is 12.9. The van der Waals surface area contributed by atoms with Crippen LogP contribution in [0.15, 0.2) is 53.7 Å². The van der Waals surface area contributed by atoms with Crippen LogP contribution in [-0.4, -0.2) is 19.3 Å². The van der Waals surface area contributed by atoms with E-state index in [1.54, 1.807) is 36.4 Å². The fourth-order valence-corrected chi connectivity index (χ4v) is 1.66. The highest BCUT2D eigenvalue weighted by atomic mass is 19.1. The summed E-state index contributed by atoms with van der Waals surface area (Å²) in [5, 5.41) is 3.80. The van der Waals surface area contributed by atoms with Gasteiger partial charge in [-0.2, -0.15) is 0 Å². The first-order valence-electron chi connectivity index (χ1n) is 6.27. The number of oxime groups is 1. The molecule has 0 amide bonds. The van der Waals surface area contributed by atoms with Crippen molar-refractivity contribution in [1.29, 1.82) is 0 Å². The molecular weight excluding hydrogens is 273 g/mol. The summed E-state index contributed by atoms with van der Waals surface area (Å²) in [7, 11) is 1.33. The maximum Gasteiger partial charge on any atom is 0.337 e. The third kappa shape index (κ3) is 4.42. The number of nitrogens with zero attached hydrogens (tertiary/aromatic N) is 1. The van der Waals surface area contributed by atoms with Crippen LogP contribution in [0.4, 0.5) is 4.39 Å². The van der Waals surface area contributed by atoms with E-state index in [1.807, 2.05) is 0 Å². The number of ether oxygens (including phenoxy) is 1. The van der Waals surface area contributed by atoms with Crippen LogP contribution in [-0.2, 0) is 16.2 Å². The number of halogens is 1. The van der Waals surface area contributed by atoms with Gasteiger partial charge in [0.2, 0.25) is 0 Å². The first-order chi connectivity index (χ1) is 10.2. The molecule has 0 fully saturated rings. The summed E-state index contributed by atoms with van der Waals surface area (Å²) < 4.78 is 17.5. The third-order valence-corrected chi connectivity index (χ3v) is 2.73. The van der Waals surface area contributed by atoms with E-state index in [1.165, 1.54) is 25.5 Å². The smallest absolute Gasteiger partial charge is 0.337 e. The molecule has 0 N–H and O–H groups in total. The van der Waals surface area contributed by atoms with Crippen LogP contribution in [0.1, 0.15) is 21.5 Å². The molecule has 2 aromatic rings. The number of hydrogen-bond acceptors (Lipinski definition) is 4. The molecule has 0 spiro atoms. The summed E-state index contributed by atoms with van der Waals surface area (Å²) in [6.07, 6.45) is 1.51. The molecule has 0 radical (unpaired) electrons. The molecule has 21 heavy (non-hydrogen) atoms. The molecular formula is C16H14FNO3. The van der Waals surface area contributed by atoms with Crippen molar-refractivity contribution in [3.8, 4) is 0 Å². The fraction of sp³-hybridized carbons (Fsp3) is 0.125. The van der Waals surface area contributed by atoms with Crippen LogP contribution in [0.5, 0.6) is 0 Å². The van der Waals surface area contributed by atoms with Crippen LogP contribution in [0, 0.1) is 5.82 Å². The van der Waals surface area contributed by atoms with Gasteiger partial charge in [-0.25, -0.2) is 9.18 Å². The van der Waals surface area contributed by atoms with Gasteiger partial charge in [-0.3, -0.25) is 0 Å². The monoisotopic (exact) mass is 287 g/mol. The molecule has 2 aromatic carbocycles. The van der Waals surface area contributed by atoms with Gasteiger partial charge in [0.25, 0.3) is 0 Å². The third-order valence-electron chi connectivity index (χ3n) is 2.73. The first-order valence-corrected chi connectivity index (χ1v) is 6.27. The van der Waals surface area contributed by atoms with E-state index in [9.17, 15) is 9.18 Å². The van der Waals surface area contributed by atoms with Gasteiger partial charge >= 0.3 is 5.97 Å². The molecule has 5 heteroatoms. The number of rotatable bonds is 5. The molecule has 4 nitrogen and oxygen atoms in total. The Labute approximate surface area is 121 Å². The number of hydrogen-bond donors (Lipinski definition) is 0. The van der Waals surface area contributed by atoms with Crippen LogP contribution in [0.2, 0.25) is 0 Å². The number of benzene rings is 2. The minimum atomic E-state index is -0.388. The Morgan fingerprint density at radius 2 is 2.00 bits per heavy atom. The van der Waals surface area contributed by atoms with Crippen molar-refractivity contribution in [1.82, 2.24) is 0 Å². The van der Waals surface area contributed by atoms with E-state index in [4.69, 9.17) is 4.84 Å². The van der Waals surface area contributed by atoms with E-state index >= 15 is 0 Å². The number of esters is 1. The second-order valence-corrected chi connectivity index (χ2v) is 4.25. The largest absolute Gasteiger partial charge is 0.465 e. The zero-order valence-electron chi connectivity index (χ0n) is 11.5. The van der Waals surface area contributed by atoms with Crippen molar-refractivity contribution in [3.63, 3.8) is 0 Å². The van der Waals surface area contributed by atoms with E-state index in [2.05, 4.69) is 9.89 Å². The molecule has 0 aliphatic heterocycles. The van der Waals surface area contributed by atoms with E-state index in [0.717, 1.165) is 5.56 Å². The van der Waals surface area contributed by atoms with Gasteiger partial charge in [0.15, 0.2) is 0 Å². The summed E-state index contributed by atoms with van der Waals surface area (Å²) in [5.74, 6) is -0.695. The summed E-state index contributed by atoms with van der Waals surface area (Å²) >= 11 is 0. The van der Waals surface area contributed by atoms with E-state index in [-0.39, 0.29) is 18.4 Å². The second kappa shape index (κ2) is 7.19. The first kappa shape index (κ1) is 14.7. The van der Waals surface area contributed by atoms with Crippen LogP contribution >= 0.6 is 0 Å². The second-order valence-electron chi connectivity index (χ2n) is 4.25. The number of carbonyl (C=O) groups excluding carboxylic acids is 1. The lowest BCUT2D eigenvalue weighted by Gasteiger charge is -2.00. The van der Waals surface area contributed by atoms with Crippen LogP contribution in [0.25, 0.3) is 0 Å². The van der Waals surface area contributed by atoms with Crippen LogP contribution in [0.3, 0.4) is 0 Å². The van der Waals surface area contributed by atoms with Crippen molar-refractivity contribution in [3.05, 3.63) is 71.0 Å². The van der Waals surface area contributed by atoms with Gasteiger partial charge < -0.3 is 9.57 Å². The molecule has 0 aliphatic carbocycles. The molecule has 2 rings (SSSR count). The lowest BCUT2D eigenvalue weighted by Crippen LogP contribution is -2.00. The Kier molecular flexibility index (Phi) is 5.04. The highest BCUT2D eigenvalue weighted by molar-refractivity contribution is 5.90. The minimum Gasteiger partial charge on any atom is -0.465 e. The molecule has 0 atom stereocenters. The van der Waals surface area contributed by atoms with Crippen molar-refractivity contribution in [2.24, 2.45) is 5.16 Å². The summed E-state index contributed by atoms with van der Waals surface area (Å²) in [6.45, 7) is 0.189. The molecule has 108 valence electrons. The summed E-state index contributed by atoms with van der Waals surface area (Å²) in [5.41, 5.74) is 1.95. The Balaban J connectivity index is 1.88. The summed E-state index contributed by atoms with van der Waals surface area (Å²) in [6, 6.07) is 12.9. The molecule has 0 saturated heterocycles. The van der Waals surface area contributed by atoms with Gasteiger partial charge in [-0.05, 0) is 35.4 Å². The SMILES string of the molecule is COC(=O)c1ccc(/C=N/OCc2cccc(F)c2)cc1. The Morgan fingerprint density at radius 1 is 1.24 bits per heavy atom. The quantitative estimate of drug-likeness (QED) is 0.482. The Bertz CT molecular complexity index is 638. The Morgan fingerprint density at radius 3 is 2.67 bits per heavy atom. The molecule has 0 aliphatic rings. The summed E-state index contributed by atoms with van der Waals surface area (Å²) in [4.78, 5) is 16.3. The average molecular weight is 287 g/mol. The van der Waals surface area contributed by atoms with Crippen molar-refractivity contribution >= 4 is 12.2 Å². The minimum absolute atomic E-state index is 0.189. The number of methoxy groups -OCH3 is 1. The normalized spacial score (nSPS) is 10.6. The molecule has 0 saturated carbocycles. The Hall–Kier alpha value is -2.69. The molecule has 0 unspecified atom stereocenters. The van der Waals surface area contributed by atoms with Gasteiger partial charge in [-0.1, -0.05) is 29.4 Å². The number of carbonyl (C=O) groups is 1. The predicted molar refractivity (Wildman–Crippen MR) is 76.6 cm³/mol. The standard InChI is InChI=1S/C16H14FNO3/c1-20-16(19)14-7-5-12(6-8-14)10-18-21-11-13-3-2-4-15(17)9-13/h2-10H,11H2,1H3/b18-10+. The van der Waals surface area contributed by atoms with Gasteiger partial charge in [0.05, 0.1) is 18.9 Å². The van der Waals surface area contributed by atoms with Gasteiger partial charge in [0.1, 0.15) is 12.4 Å². The van der Waals surface area contributed by atoms with Crippen LogP contribution < -0.4 is 0 Å². The average Bonchev–Trinajstić information content (AvgIpc) is 2.51. The van der Waals surface area contributed by atoms with Gasteiger partial charge in [-0.15, -0.1) is 0 Å². The van der Waals surface area contributed by atoms with E-state index < -0.39 is 0 Å². The van der Waals surface area contributed by atoms with E-state index in [0.29, 0.717) is 11.1 Å². The zero-order chi connectivity index (χ0) is 15.1. The predicted octanol–water partition coefficient (Wildman–Crippen LogP) is 3.16. The topological polar surface area (TPSA) is 47.9 Å². The van der Waals surface area contributed by atoms with Gasteiger partial charge in [0, 0.05) is 0 Å².